The molecule has 8 heteroatoms. The largest absolute Gasteiger partial charge is 0.454 e. The van der Waals surface area contributed by atoms with Gasteiger partial charge in [0.15, 0.2) is 11.5 Å². The maximum Gasteiger partial charge on any atom is 0.236 e. The van der Waals surface area contributed by atoms with Gasteiger partial charge in [-0.25, -0.2) is 0 Å². The Hall–Kier alpha value is -2.32. The Kier molecular flexibility index (Phi) is 5.66. The first kappa shape index (κ1) is 21.2. The lowest BCUT2D eigenvalue weighted by Crippen LogP contribution is -2.61. The van der Waals surface area contributed by atoms with Crippen LogP contribution in [-0.4, -0.2) is 96.6 Å². The quantitative estimate of drug-likeness (QED) is 0.685. The summed E-state index contributed by atoms with van der Waals surface area (Å²) in [6.45, 7) is 7.85. The predicted molar refractivity (Wildman–Crippen MR) is 122 cm³/mol. The van der Waals surface area contributed by atoms with Crippen molar-refractivity contribution in [2.75, 3.05) is 59.2 Å². The molecule has 0 aliphatic carbocycles. The Morgan fingerprint density at radius 2 is 1.85 bits per heavy atom. The zero-order valence-corrected chi connectivity index (χ0v) is 19.3. The molecule has 5 aliphatic rings. The first-order chi connectivity index (χ1) is 16.1. The minimum atomic E-state index is 0.259. The second-order valence-electron chi connectivity index (χ2n) is 10.4. The zero-order chi connectivity index (χ0) is 22.4. The smallest absolute Gasteiger partial charge is 0.236 e. The van der Waals surface area contributed by atoms with Crippen molar-refractivity contribution in [1.82, 2.24) is 19.6 Å². The number of carbonyl (C=O) groups is 2. The number of fused-ring (bicyclic) bond motifs is 5. The predicted octanol–water partition coefficient (Wildman–Crippen LogP) is 1.39. The van der Waals surface area contributed by atoms with E-state index in [4.69, 9.17) is 9.47 Å². The van der Waals surface area contributed by atoms with E-state index in [1.165, 1.54) is 12.0 Å². The van der Waals surface area contributed by atoms with E-state index < -0.39 is 0 Å². The van der Waals surface area contributed by atoms with Crippen LogP contribution in [-0.2, 0) is 16.1 Å². The molecule has 0 N–H and O–H groups in total. The number of piperidine rings is 3. The highest BCUT2D eigenvalue weighted by molar-refractivity contribution is 5.78. The van der Waals surface area contributed by atoms with Crippen molar-refractivity contribution in [2.24, 2.45) is 11.8 Å². The number of ether oxygens (including phenoxy) is 2. The van der Waals surface area contributed by atoms with E-state index in [9.17, 15) is 9.59 Å². The summed E-state index contributed by atoms with van der Waals surface area (Å²) in [6, 6.07) is 6.54. The molecule has 0 spiro atoms. The number of carbonyl (C=O) groups excluding carboxylic acids is 2. The summed E-state index contributed by atoms with van der Waals surface area (Å²) in [7, 11) is 0. The summed E-state index contributed by atoms with van der Waals surface area (Å²) in [4.78, 5) is 34.4. The SMILES string of the molecule is O=C(CN1CC2CC(C1)[C@H]1CCCC(=O)N1C2)N1CCN(Cc2ccc3c(c2)OCO3)CC1. The maximum atomic E-state index is 13.1. The van der Waals surface area contributed by atoms with E-state index in [0.29, 0.717) is 37.1 Å². The van der Waals surface area contributed by atoms with Gasteiger partial charge in [0.1, 0.15) is 0 Å². The van der Waals surface area contributed by atoms with E-state index in [-0.39, 0.29) is 5.91 Å². The van der Waals surface area contributed by atoms with Crippen LogP contribution in [0.3, 0.4) is 0 Å². The number of rotatable bonds is 4. The summed E-state index contributed by atoms with van der Waals surface area (Å²) in [5.74, 6) is 3.31. The molecule has 8 nitrogen and oxygen atoms in total. The van der Waals surface area contributed by atoms with Crippen molar-refractivity contribution in [1.29, 1.82) is 0 Å². The standard InChI is InChI=1S/C25H34N4O4/c30-24-3-1-2-21-20-10-19(14-29(21)24)13-27(15-20)16-25(31)28-8-6-26(7-9-28)12-18-4-5-22-23(11-18)33-17-32-22/h4-5,11,19-21H,1-3,6-10,12-17H2/t19?,20?,21-/m1/s1. The van der Waals surface area contributed by atoms with Gasteiger partial charge in [0.05, 0.1) is 6.54 Å². The highest BCUT2D eigenvalue weighted by atomic mass is 16.7. The normalized spacial score (nSPS) is 29.8. The molecule has 0 aromatic heterocycles. The van der Waals surface area contributed by atoms with Crippen LogP contribution in [0.2, 0.25) is 0 Å². The summed E-state index contributed by atoms with van der Waals surface area (Å²) in [5, 5.41) is 0. The Labute approximate surface area is 195 Å². The minimum absolute atomic E-state index is 0.259. The van der Waals surface area contributed by atoms with Gasteiger partial charge in [-0.15, -0.1) is 0 Å². The van der Waals surface area contributed by atoms with Gasteiger partial charge in [-0.2, -0.15) is 0 Å². The number of likely N-dealkylation sites (tertiary alicyclic amines) is 1. The van der Waals surface area contributed by atoms with Gasteiger partial charge < -0.3 is 19.3 Å². The molecule has 6 rings (SSSR count). The van der Waals surface area contributed by atoms with Crippen LogP contribution in [0.15, 0.2) is 18.2 Å². The molecule has 178 valence electrons. The zero-order valence-electron chi connectivity index (χ0n) is 19.3. The fourth-order valence-corrected chi connectivity index (χ4v) is 6.59. The van der Waals surface area contributed by atoms with Crippen molar-refractivity contribution < 1.29 is 19.1 Å². The average molecular weight is 455 g/mol. The van der Waals surface area contributed by atoms with Gasteiger partial charge in [0.25, 0.3) is 0 Å². The highest BCUT2D eigenvalue weighted by Gasteiger charge is 2.44. The van der Waals surface area contributed by atoms with Gasteiger partial charge in [-0.05, 0) is 48.8 Å². The average Bonchev–Trinajstić information content (AvgIpc) is 3.28. The Morgan fingerprint density at radius 1 is 1.00 bits per heavy atom. The molecule has 0 saturated carbocycles. The molecule has 4 saturated heterocycles. The van der Waals surface area contributed by atoms with E-state index in [2.05, 4.69) is 26.8 Å². The molecule has 3 atom stereocenters. The third-order valence-corrected chi connectivity index (χ3v) is 8.18. The van der Waals surface area contributed by atoms with Crippen LogP contribution in [0, 0.1) is 11.8 Å². The topological polar surface area (TPSA) is 65.6 Å². The number of piperazine rings is 1. The molecule has 5 aliphatic heterocycles. The monoisotopic (exact) mass is 454 g/mol. The van der Waals surface area contributed by atoms with Crippen LogP contribution >= 0.6 is 0 Å². The molecule has 0 radical (unpaired) electrons. The van der Waals surface area contributed by atoms with Crippen molar-refractivity contribution in [3.63, 3.8) is 0 Å². The van der Waals surface area contributed by atoms with Crippen LogP contribution in [0.1, 0.15) is 31.2 Å². The Balaban J connectivity index is 0.992. The lowest BCUT2D eigenvalue weighted by atomic mass is 9.76. The molecule has 1 aromatic carbocycles. The third-order valence-electron chi connectivity index (χ3n) is 8.18. The van der Waals surface area contributed by atoms with Gasteiger partial charge >= 0.3 is 0 Å². The molecule has 2 unspecified atom stereocenters. The number of amides is 2. The number of nitrogens with zero attached hydrogens (tertiary/aromatic N) is 4. The molecule has 2 amide bonds. The lowest BCUT2D eigenvalue weighted by molar-refractivity contribution is -0.147. The molecule has 33 heavy (non-hydrogen) atoms. The van der Waals surface area contributed by atoms with Crippen molar-refractivity contribution in [3.05, 3.63) is 23.8 Å². The van der Waals surface area contributed by atoms with E-state index >= 15 is 0 Å². The summed E-state index contributed by atoms with van der Waals surface area (Å²) < 4.78 is 10.9. The van der Waals surface area contributed by atoms with Crippen molar-refractivity contribution in [2.45, 2.75) is 38.3 Å². The van der Waals surface area contributed by atoms with Gasteiger partial charge in [-0.1, -0.05) is 6.07 Å². The third kappa shape index (κ3) is 4.30. The Bertz CT molecular complexity index is 916. The summed E-state index contributed by atoms with van der Waals surface area (Å²) in [6.07, 6.45) is 4.10. The molecule has 4 fully saturated rings. The first-order valence-electron chi connectivity index (χ1n) is 12.5. The van der Waals surface area contributed by atoms with E-state index in [1.54, 1.807) is 0 Å². The second-order valence-corrected chi connectivity index (χ2v) is 10.4. The second kappa shape index (κ2) is 8.80. The fourth-order valence-electron chi connectivity index (χ4n) is 6.59. The fraction of sp³-hybridized carbons (Fsp3) is 0.680. The first-order valence-corrected chi connectivity index (χ1v) is 12.5. The lowest BCUT2D eigenvalue weighted by Gasteiger charge is -2.52. The van der Waals surface area contributed by atoms with Crippen LogP contribution < -0.4 is 9.47 Å². The minimum Gasteiger partial charge on any atom is -0.454 e. The maximum absolute atomic E-state index is 13.1. The highest BCUT2D eigenvalue weighted by Crippen LogP contribution is 2.38. The summed E-state index contributed by atoms with van der Waals surface area (Å²) >= 11 is 0. The van der Waals surface area contributed by atoms with Crippen LogP contribution in [0.5, 0.6) is 11.5 Å². The van der Waals surface area contributed by atoms with Gasteiger partial charge in [0.2, 0.25) is 18.6 Å². The van der Waals surface area contributed by atoms with Crippen LogP contribution in [0.25, 0.3) is 0 Å². The molecule has 1 aromatic rings. The number of benzene rings is 1. The van der Waals surface area contributed by atoms with Crippen LogP contribution in [0.4, 0.5) is 0 Å². The van der Waals surface area contributed by atoms with Crippen molar-refractivity contribution >= 4 is 11.8 Å². The number of hydrogen-bond donors (Lipinski definition) is 0. The Morgan fingerprint density at radius 3 is 2.73 bits per heavy atom. The van der Waals surface area contributed by atoms with Gasteiger partial charge in [-0.3, -0.25) is 19.4 Å². The molecule has 2 bridgehead atoms. The molecular weight excluding hydrogens is 420 g/mol. The summed E-state index contributed by atoms with van der Waals surface area (Å²) in [5.41, 5.74) is 1.22. The van der Waals surface area contributed by atoms with Gasteiger partial charge in [0, 0.05) is 64.8 Å². The number of hydrogen-bond acceptors (Lipinski definition) is 6. The van der Waals surface area contributed by atoms with E-state index in [0.717, 1.165) is 83.1 Å². The van der Waals surface area contributed by atoms with Crippen molar-refractivity contribution in [3.8, 4) is 11.5 Å². The molecule has 5 heterocycles. The molecular formula is C25H34N4O4. The van der Waals surface area contributed by atoms with E-state index in [1.807, 2.05) is 11.0 Å².